The van der Waals surface area contributed by atoms with E-state index in [9.17, 15) is 0 Å². The topological polar surface area (TPSA) is 60.5 Å². The first-order valence-corrected chi connectivity index (χ1v) is 4.53. The molecule has 0 radical (unpaired) electrons. The molecular formula is C11H4ClN3. The number of nitriles is 2. The number of hydrogen-bond donors (Lipinski definition) is 0. The van der Waals surface area contributed by atoms with Gasteiger partial charge in [0.2, 0.25) is 0 Å². The van der Waals surface area contributed by atoms with E-state index in [2.05, 4.69) is 4.98 Å². The van der Waals surface area contributed by atoms with Gasteiger partial charge in [0.1, 0.15) is 6.07 Å². The van der Waals surface area contributed by atoms with Gasteiger partial charge in [0.05, 0.1) is 27.7 Å². The average Bonchev–Trinajstić information content (AvgIpc) is 2.29. The molecule has 1 aromatic heterocycles. The third-order valence-electron chi connectivity index (χ3n) is 2.07. The fourth-order valence-corrected chi connectivity index (χ4v) is 1.66. The molecule has 0 spiro atoms. The Kier molecular flexibility index (Phi) is 2.25. The molecule has 2 aromatic rings. The molecule has 4 heteroatoms. The van der Waals surface area contributed by atoms with Crippen LogP contribution in [0.25, 0.3) is 10.9 Å². The summed E-state index contributed by atoms with van der Waals surface area (Å²) in [5.41, 5.74) is 1.34. The molecule has 0 unspecified atom stereocenters. The first kappa shape index (κ1) is 9.45. The van der Waals surface area contributed by atoms with Gasteiger partial charge in [0.15, 0.2) is 0 Å². The largest absolute Gasteiger partial charge is 0.255 e. The lowest BCUT2D eigenvalue weighted by Crippen LogP contribution is -1.88. The zero-order valence-corrected chi connectivity index (χ0v) is 8.28. The third kappa shape index (κ3) is 1.40. The highest BCUT2D eigenvalue weighted by Crippen LogP contribution is 2.27. The van der Waals surface area contributed by atoms with Crippen LogP contribution in [0.1, 0.15) is 11.1 Å². The van der Waals surface area contributed by atoms with E-state index in [-0.39, 0.29) is 5.56 Å². The molecule has 0 N–H and O–H groups in total. The third-order valence-corrected chi connectivity index (χ3v) is 2.46. The molecule has 0 aliphatic heterocycles. The predicted molar refractivity (Wildman–Crippen MR) is 56.2 cm³/mol. The Hall–Kier alpha value is -2.10. The summed E-state index contributed by atoms with van der Waals surface area (Å²) in [5.74, 6) is 0. The normalized spacial score (nSPS) is 9.53. The van der Waals surface area contributed by atoms with Crippen LogP contribution < -0.4 is 0 Å². The minimum atomic E-state index is 0.284. The highest BCUT2D eigenvalue weighted by atomic mass is 35.5. The number of rotatable bonds is 0. The van der Waals surface area contributed by atoms with E-state index in [1.807, 2.05) is 12.1 Å². The van der Waals surface area contributed by atoms with E-state index in [0.717, 1.165) is 0 Å². The fourth-order valence-electron chi connectivity index (χ4n) is 1.37. The van der Waals surface area contributed by atoms with Gasteiger partial charge >= 0.3 is 0 Å². The van der Waals surface area contributed by atoms with Crippen LogP contribution in [0.4, 0.5) is 0 Å². The fraction of sp³-hybridized carbons (Fsp3) is 0. The summed E-state index contributed by atoms with van der Waals surface area (Å²) in [4.78, 5) is 4.06. The van der Waals surface area contributed by atoms with Crippen molar-refractivity contribution in [2.24, 2.45) is 0 Å². The Morgan fingerprint density at radius 2 is 1.87 bits per heavy atom. The molecule has 2 rings (SSSR count). The van der Waals surface area contributed by atoms with Gasteiger partial charge in [-0.1, -0.05) is 17.7 Å². The Balaban J connectivity index is 2.98. The molecule has 70 valence electrons. The summed E-state index contributed by atoms with van der Waals surface area (Å²) >= 11 is 6.01. The molecule has 0 bridgehead atoms. The smallest absolute Gasteiger partial charge is 0.102 e. The van der Waals surface area contributed by atoms with Gasteiger partial charge in [-0.05, 0) is 12.1 Å². The first-order valence-electron chi connectivity index (χ1n) is 4.15. The zero-order chi connectivity index (χ0) is 10.8. The van der Waals surface area contributed by atoms with Crippen LogP contribution >= 0.6 is 11.6 Å². The molecule has 0 aliphatic rings. The molecule has 0 amide bonds. The number of nitrogens with zero attached hydrogens (tertiary/aromatic N) is 3. The van der Waals surface area contributed by atoms with Crippen LogP contribution in [0.3, 0.4) is 0 Å². The van der Waals surface area contributed by atoms with Crippen LogP contribution in [-0.2, 0) is 0 Å². The minimum absolute atomic E-state index is 0.284. The van der Waals surface area contributed by atoms with Crippen molar-refractivity contribution < 1.29 is 0 Å². The summed E-state index contributed by atoms with van der Waals surface area (Å²) < 4.78 is 0. The lowest BCUT2D eigenvalue weighted by Gasteiger charge is -2.02. The Morgan fingerprint density at radius 1 is 1.13 bits per heavy atom. The number of halogens is 1. The van der Waals surface area contributed by atoms with Crippen molar-refractivity contribution in [3.63, 3.8) is 0 Å². The Bertz CT molecular complexity index is 620. The van der Waals surface area contributed by atoms with E-state index < -0.39 is 0 Å². The van der Waals surface area contributed by atoms with Crippen molar-refractivity contribution in [2.45, 2.75) is 0 Å². The predicted octanol–water partition coefficient (Wildman–Crippen LogP) is 2.63. The van der Waals surface area contributed by atoms with E-state index >= 15 is 0 Å². The van der Waals surface area contributed by atoms with Gasteiger partial charge in [-0.15, -0.1) is 0 Å². The molecule has 0 fully saturated rings. The number of pyridine rings is 1. The van der Waals surface area contributed by atoms with Crippen LogP contribution in [0.5, 0.6) is 0 Å². The lowest BCUT2D eigenvalue weighted by molar-refractivity contribution is 1.37. The van der Waals surface area contributed by atoms with Gasteiger partial charge in [-0.3, -0.25) is 4.98 Å². The second kappa shape index (κ2) is 3.57. The lowest BCUT2D eigenvalue weighted by atomic mass is 10.1. The van der Waals surface area contributed by atoms with Crippen LogP contribution in [0.2, 0.25) is 5.02 Å². The first-order chi connectivity index (χ1) is 7.27. The highest BCUT2D eigenvalue weighted by Gasteiger charge is 2.09. The Morgan fingerprint density at radius 3 is 2.53 bits per heavy atom. The monoisotopic (exact) mass is 213 g/mol. The molecule has 1 heterocycles. The average molecular weight is 214 g/mol. The second-order valence-corrected chi connectivity index (χ2v) is 3.29. The number of aromatic nitrogens is 1. The maximum atomic E-state index is 8.90. The standard InChI is InChI=1S/C11H4ClN3/c12-11-8(5-14)6-15-9-3-1-2-7(4-13)10(9)11/h1-3,6H. The molecule has 3 nitrogen and oxygen atoms in total. The van der Waals surface area contributed by atoms with Gasteiger partial charge < -0.3 is 0 Å². The molecule has 0 saturated carbocycles. The molecule has 0 saturated heterocycles. The van der Waals surface area contributed by atoms with Crippen molar-refractivity contribution in [3.8, 4) is 12.1 Å². The Labute approximate surface area is 91.2 Å². The number of benzene rings is 1. The van der Waals surface area contributed by atoms with E-state index in [0.29, 0.717) is 21.5 Å². The van der Waals surface area contributed by atoms with E-state index in [4.69, 9.17) is 22.1 Å². The van der Waals surface area contributed by atoms with E-state index in [1.54, 1.807) is 18.2 Å². The zero-order valence-electron chi connectivity index (χ0n) is 7.53. The number of fused-ring (bicyclic) bond motifs is 1. The second-order valence-electron chi connectivity index (χ2n) is 2.91. The maximum absolute atomic E-state index is 8.90. The maximum Gasteiger partial charge on any atom is 0.102 e. The van der Waals surface area contributed by atoms with Crippen molar-refractivity contribution in [1.82, 2.24) is 4.98 Å². The minimum Gasteiger partial charge on any atom is -0.255 e. The molecule has 0 atom stereocenters. The summed E-state index contributed by atoms with van der Waals surface area (Å²) in [6, 6.07) is 9.10. The highest BCUT2D eigenvalue weighted by molar-refractivity contribution is 6.36. The summed E-state index contributed by atoms with van der Waals surface area (Å²) in [6.45, 7) is 0. The number of hydrogen-bond acceptors (Lipinski definition) is 3. The van der Waals surface area contributed by atoms with Crippen molar-refractivity contribution >= 4 is 22.5 Å². The van der Waals surface area contributed by atoms with Gasteiger partial charge in [-0.25, -0.2) is 0 Å². The molecule has 0 aliphatic carbocycles. The summed E-state index contributed by atoms with van der Waals surface area (Å²) in [6.07, 6.45) is 1.41. The quantitative estimate of drug-likeness (QED) is 0.676. The molecular weight excluding hydrogens is 210 g/mol. The van der Waals surface area contributed by atoms with Crippen molar-refractivity contribution in [2.75, 3.05) is 0 Å². The van der Waals surface area contributed by atoms with Crippen LogP contribution in [-0.4, -0.2) is 4.98 Å². The van der Waals surface area contributed by atoms with Gasteiger partial charge in [0, 0.05) is 11.6 Å². The summed E-state index contributed by atoms with van der Waals surface area (Å²) in [7, 11) is 0. The SMILES string of the molecule is N#Cc1cnc2cccc(C#N)c2c1Cl. The van der Waals surface area contributed by atoms with Gasteiger partial charge in [0.25, 0.3) is 0 Å². The van der Waals surface area contributed by atoms with E-state index in [1.165, 1.54) is 6.20 Å². The van der Waals surface area contributed by atoms with Crippen LogP contribution in [0, 0.1) is 22.7 Å². The molecule has 15 heavy (non-hydrogen) atoms. The van der Waals surface area contributed by atoms with Gasteiger partial charge in [-0.2, -0.15) is 10.5 Å². The molecule has 1 aromatic carbocycles. The summed E-state index contributed by atoms with van der Waals surface area (Å²) in [5, 5.41) is 18.5. The van der Waals surface area contributed by atoms with Crippen molar-refractivity contribution in [1.29, 1.82) is 10.5 Å². The van der Waals surface area contributed by atoms with Crippen molar-refractivity contribution in [3.05, 3.63) is 40.5 Å². The van der Waals surface area contributed by atoms with Crippen LogP contribution in [0.15, 0.2) is 24.4 Å².